The molecule has 4 heteroatoms. The minimum Gasteiger partial charge on any atom is -0.311 e. The monoisotopic (exact) mass is 299 g/mol. The highest BCUT2D eigenvalue weighted by Gasteiger charge is 2.29. The van der Waals surface area contributed by atoms with Gasteiger partial charge in [0.15, 0.2) is 0 Å². The summed E-state index contributed by atoms with van der Waals surface area (Å²) in [6, 6.07) is 5.45. The molecule has 0 aromatic heterocycles. The summed E-state index contributed by atoms with van der Waals surface area (Å²) < 4.78 is 0.884. The van der Waals surface area contributed by atoms with Gasteiger partial charge in [-0.1, -0.05) is 17.7 Å². The average Bonchev–Trinajstić information content (AvgIpc) is 2.63. The number of anilines is 1. The van der Waals surface area contributed by atoms with E-state index in [1.165, 1.54) is 0 Å². The number of amides is 1. The van der Waals surface area contributed by atoms with Gasteiger partial charge in [-0.2, -0.15) is 0 Å². The van der Waals surface area contributed by atoms with Gasteiger partial charge >= 0.3 is 0 Å². The van der Waals surface area contributed by atoms with Crippen LogP contribution in [-0.4, -0.2) is 12.5 Å². The number of benzene rings is 1. The standard InChI is InChI=1S/C12H11BrClNO/c1-2-8-5-12(16)15(7-8)11-6-9(14)3-4-10(11)13/h2-4,6,8H,1,5,7H2. The molecule has 1 atom stereocenters. The Labute approximate surface area is 108 Å². The molecule has 1 fully saturated rings. The second-order valence-corrected chi connectivity index (χ2v) is 5.09. The van der Waals surface area contributed by atoms with Crippen molar-refractivity contribution in [3.8, 4) is 0 Å². The van der Waals surface area contributed by atoms with Crippen molar-refractivity contribution in [1.29, 1.82) is 0 Å². The molecule has 1 unspecified atom stereocenters. The summed E-state index contributed by atoms with van der Waals surface area (Å²) in [7, 11) is 0. The maximum atomic E-state index is 11.8. The van der Waals surface area contributed by atoms with Gasteiger partial charge in [-0.05, 0) is 34.1 Å². The van der Waals surface area contributed by atoms with Crippen molar-refractivity contribution in [1.82, 2.24) is 0 Å². The molecule has 0 N–H and O–H groups in total. The van der Waals surface area contributed by atoms with E-state index >= 15 is 0 Å². The van der Waals surface area contributed by atoms with E-state index in [0.717, 1.165) is 10.2 Å². The Morgan fingerprint density at radius 3 is 2.94 bits per heavy atom. The van der Waals surface area contributed by atoms with Crippen molar-refractivity contribution in [3.05, 3.63) is 40.3 Å². The zero-order chi connectivity index (χ0) is 11.7. The predicted octanol–water partition coefficient (Wildman–Crippen LogP) is 3.64. The topological polar surface area (TPSA) is 20.3 Å². The fourth-order valence-corrected chi connectivity index (χ4v) is 2.45. The van der Waals surface area contributed by atoms with Gasteiger partial charge in [-0.15, -0.1) is 6.58 Å². The van der Waals surface area contributed by atoms with Gasteiger partial charge in [-0.3, -0.25) is 4.79 Å². The van der Waals surface area contributed by atoms with Gasteiger partial charge < -0.3 is 4.90 Å². The summed E-state index contributed by atoms with van der Waals surface area (Å²) in [4.78, 5) is 13.6. The van der Waals surface area contributed by atoms with Crippen LogP contribution in [0.1, 0.15) is 6.42 Å². The largest absolute Gasteiger partial charge is 0.311 e. The summed E-state index contributed by atoms with van der Waals surface area (Å²) in [5.74, 6) is 0.353. The Morgan fingerprint density at radius 1 is 1.56 bits per heavy atom. The second kappa shape index (κ2) is 4.60. The fraction of sp³-hybridized carbons (Fsp3) is 0.250. The van der Waals surface area contributed by atoms with Crippen molar-refractivity contribution in [2.24, 2.45) is 5.92 Å². The van der Waals surface area contributed by atoms with E-state index in [2.05, 4.69) is 22.5 Å². The summed E-state index contributed by atoms with van der Waals surface area (Å²) >= 11 is 9.37. The number of carbonyl (C=O) groups excluding carboxylic acids is 1. The zero-order valence-electron chi connectivity index (χ0n) is 8.62. The van der Waals surface area contributed by atoms with Gasteiger partial charge in [0.2, 0.25) is 5.91 Å². The van der Waals surface area contributed by atoms with Crippen molar-refractivity contribution in [2.75, 3.05) is 11.4 Å². The fourth-order valence-electron chi connectivity index (χ4n) is 1.82. The maximum Gasteiger partial charge on any atom is 0.227 e. The van der Waals surface area contributed by atoms with E-state index in [1.54, 1.807) is 17.0 Å². The van der Waals surface area contributed by atoms with E-state index < -0.39 is 0 Å². The van der Waals surface area contributed by atoms with Crippen LogP contribution in [0.5, 0.6) is 0 Å². The van der Waals surface area contributed by atoms with Crippen LogP contribution in [0.15, 0.2) is 35.3 Å². The third-order valence-corrected chi connectivity index (χ3v) is 3.59. The van der Waals surface area contributed by atoms with Gasteiger partial charge in [0.1, 0.15) is 0 Å². The molecule has 1 amide bonds. The molecule has 0 bridgehead atoms. The van der Waals surface area contributed by atoms with E-state index in [4.69, 9.17) is 11.6 Å². The van der Waals surface area contributed by atoms with Crippen LogP contribution in [0.25, 0.3) is 0 Å². The van der Waals surface area contributed by atoms with Gasteiger partial charge in [0.25, 0.3) is 0 Å². The summed E-state index contributed by atoms with van der Waals surface area (Å²) in [6.07, 6.45) is 2.36. The lowest BCUT2D eigenvalue weighted by Gasteiger charge is -2.18. The molecule has 1 aliphatic heterocycles. The SMILES string of the molecule is C=CC1CC(=O)N(c2cc(Cl)ccc2Br)C1. The van der Waals surface area contributed by atoms with E-state index in [-0.39, 0.29) is 11.8 Å². The van der Waals surface area contributed by atoms with Crippen molar-refractivity contribution >= 4 is 39.1 Å². The first-order chi connectivity index (χ1) is 7.61. The van der Waals surface area contributed by atoms with Crippen LogP contribution in [0.3, 0.4) is 0 Å². The number of rotatable bonds is 2. The summed E-state index contributed by atoms with van der Waals surface area (Å²) in [5.41, 5.74) is 0.835. The van der Waals surface area contributed by atoms with Crippen LogP contribution in [0, 0.1) is 5.92 Å². The van der Waals surface area contributed by atoms with Crippen LogP contribution < -0.4 is 4.90 Å². The Kier molecular flexibility index (Phi) is 3.36. The third-order valence-electron chi connectivity index (χ3n) is 2.69. The highest BCUT2D eigenvalue weighted by molar-refractivity contribution is 9.10. The zero-order valence-corrected chi connectivity index (χ0v) is 11.0. The maximum absolute atomic E-state index is 11.8. The molecule has 1 saturated heterocycles. The molecule has 0 spiro atoms. The quantitative estimate of drug-likeness (QED) is 0.764. The van der Waals surface area contributed by atoms with Crippen molar-refractivity contribution < 1.29 is 4.79 Å². The Balaban J connectivity index is 2.34. The molecule has 0 radical (unpaired) electrons. The number of carbonyl (C=O) groups is 1. The first-order valence-corrected chi connectivity index (χ1v) is 6.17. The molecule has 0 aliphatic carbocycles. The first-order valence-electron chi connectivity index (χ1n) is 5.00. The van der Waals surface area contributed by atoms with E-state index in [1.807, 2.05) is 12.1 Å². The Bertz CT molecular complexity index is 447. The van der Waals surface area contributed by atoms with Crippen LogP contribution in [0.4, 0.5) is 5.69 Å². The van der Waals surface area contributed by atoms with Crippen LogP contribution in [-0.2, 0) is 4.79 Å². The van der Waals surface area contributed by atoms with E-state index in [9.17, 15) is 4.79 Å². The lowest BCUT2D eigenvalue weighted by atomic mass is 10.1. The average molecular weight is 301 g/mol. The highest BCUT2D eigenvalue weighted by atomic mass is 79.9. The van der Waals surface area contributed by atoms with E-state index in [0.29, 0.717) is 18.0 Å². The van der Waals surface area contributed by atoms with Crippen molar-refractivity contribution in [2.45, 2.75) is 6.42 Å². The van der Waals surface area contributed by atoms with Gasteiger partial charge in [-0.25, -0.2) is 0 Å². The van der Waals surface area contributed by atoms with Gasteiger partial charge in [0, 0.05) is 28.4 Å². The molecule has 84 valence electrons. The minimum atomic E-state index is 0.118. The number of nitrogens with zero attached hydrogens (tertiary/aromatic N) is 1. The Hall–Kier alpha value is -0.800. The summed E-state index contributed by atoms with van der Waals surface area (Å²) in [6.45, 7) is 4.41. The third kappa shape index (κ3) is 2.15. The second-order valence-electron chi connectivity index (χ2n) is 3.80. The predicted molar refractivity (Wildman–Crippen MR) is 69.8 cm³/mol. The molecular formula is C12H11BrClNO. The minimum absolute atomic E-state index is 0.118. The molecule has 2 nitrogen and oxygen atoms in total. The Morgan fingerprint density at radius 2 is 2.31 bits per heavy atom. The van der Waals surface area contributed by atoms with Crippen LogP contribution >= 0.6 is 27.5 Å². The first kappa shape index (κ1) is 11.7. The van der Waals surface area contributed by atoms with Crippen LogP contribution in [0.2, 0.25) is 5.02 Å². The molecule has 1 aliphatic rings. The molecule has 0 saturated carbocycles. The lowest BCUT2D eigenvalue weighted by molar-refractivity contribution is -0.117. The van der Waals surface area contributed by atoms with Crippen molar-refractivity contribution in [3.63, 3.8) is 0 Å². The molecule has 2 rings (SSSR count). The molecule has 1 aromatic carbocycles. The number of hydrogen-bond acceptors (Lipinski definition) is 1. The molecular weight excluding hydrogens is 289 g/mol. The summed E-state index contributed by atoms with van der Waals surface area (Å²) in [5, 5.41) is 0.632. The lowest BCUT2D eigenvalue weighted by Crippen LogP contribution is -2.24. The highest BCUT2D eigenvalue weighted by Crippen LogP contribution is 2.33. The molecule has 16 heavy (non-hydrogen) atoms. The number of halogens is 2. The number of hydrogen-bond donors (Lipinski definition) is 0. The molecule has 1 heterocycles. The molecule has 1 aromatic rings. The van der Waals surface area contributed by atoms with Gasteiger partial charge in [0.05, 0.1) is 5.69 Å². The smallest absolute Gasteiger partial charge is 0.227 e. The normalized spacial score (nSPS) is 20.2.